The number of nitrogens with one attached hydrogen (secondary N) is 1. The fraction of sp³-hybridized carbons (Fsp3) is 0.417. The Balaban J connectivity index is 2.49. The number of rotatable bonds is 5. The molecule has 0 aromatic carbocycles. The van der Waals surface area contributed by atoms with Gasteiger partial charge in [0, 0.05) is 12.1 Å². The van der Waals surface area contributed by atoms with Crippen LogP contribution in [0.5, 0.6) is 5.88 Å². The molecule has 0 fully saturated rings. The minimum Gasteiger partial charge on any atom is -0.481 e. The molecule has 0 aliphatic rings. The van der Waals surface area contributed by atoms with Crippen molar-refractivity contribution in [2.45, 2.75) is 25.9 Å². The first-order valence-corrected chi connectivity index (χ1v) is 6.51. The summed E-state index contributed by atoms with van der Waals surface area (Å²) in [7, 11) is 1.54. The van der Waals surface area contributed by atoms with Gasteiger partial charge < -0.3 is 4.74 Å². The van der Waals surface area contributed by atoms with Crippen LogP contribution in [0.4, 0.5) is 0 Å². The summed E-state index contributed by atoms with van der Waals surface area (Å²) in [6.45, 7) is 4.03. The Morgan fingerprint density at radius 3 is 2.75 bits per heavy atom. The lowest BCUT2D eigenvalue weighted by atomic mass is 10.1. The Morgan fingerprint density at radius 2 is 2.15 bits per heavy atom. The summed E-state index contributed by atoms with van der Waals surface area (Å²) in [4.78, 5) is 8.20. The lowest BCUT2D eigenvalue weighted by molar-refractivity contribution is 0.394. The van der Waals surface area contributed by atoms with Crippen LogP contribution < -0.4 is 16.0 Å². The quantitative estimate of drug-likeness (QED) is 0.641. The third kappa shape index (κ3) is 2.74. The van der Waals surface area contributed by atoms with Crippen molar-refractivity contribution >= 4 is 11.6 Å². The molecule has 2 aromatic rings. The van der Waals surface area contributed by atoms with E-state index >= 15 is 0 Å². The van der Waals surface area contributed by atoms with E-state index in [2.05, 4.69) is 20.5 Å². The third-order valence-corrected chi connectivity index (χ3v) is 3.18. The molecule has 2 rings (SSSR count). The number of hydrazine groups is 1. The number of halogens is 1. The van der Waals surface area contributed by atoms with Gasteiger partial charge in [-0.05, 0) is 13.8 Å². The molecule has 0 saturated heterocycles. The van der Waals surface area contributed by atoms with Gasteiger partial charge in [0.1, 0.15) is 12.4 Å². The Hall–Kier alpha value is -1.70. The van der Waals surface area contributed by atoms with Crippen LogP contribution in [0.2, 0.25) is 5.02 Å². The van der Waals surface area contributed by atoms with E-state index in [-0.39, 0.29) is 6.04 Å². The summed E-state index contributed by atoms with van der Waals surface area (Å²) < 4.78 is 6.91. The van der Waals surface area contributed by atoms with Gasteiger partial charge >= 0.3 is 0 Å². The lowest BCUT2D eigenvalue weighted by Crippen LogP contribution is -2.32. The van der Waals surface area contributed by atoms with Gasteiger partial charge in [-0.2, -0.15) is 5.10 Å². The normalized spacial score (nSPS) is 12.7. The molecule has 3 N–H and O–H groups in total. The minimum absolute atomic E-state index is 0.150. The maximum absolute atomic E-state index is 6.23. The van der Waals surface area contributed by atoms with E-state index < -0.39 is 6.04 Å². The van der Waals surface area contributed by atoms with Gasteiger partial charge in [-0.1, -0.05) is 11.6 Å². The average molecular weight is 297 g/mol. The fourth-order valence-electron chi connectivity index (χ4n) is 1.96. The molecule has 1 unspecified atom stereocenters. The second kappa shape index (κ2) is 6.17. The van der Waals surface area contributed by atoms with Crippen molar-refractivity contribution < 1.29 is 4.74 Å². The molecule has 2 heterocycles. The SMILES string of the molecule is COc1cc(C(NN)c2c(Cl)cnn2C(C)C)ncn1. The molecule has 0 saturated carbocycles. The van der Waals surface area contributed by atoms with Crippen LogP contribution in [0.15, 0.2) is 18.6 Å². The summed E-state index contributed by atoms with van der Waals surface area (Å²) in [6.07, 6.45) is 3.02. The van der Waals surface area contributed by atoms with Crippen LogP contribution in [0.3, 0.4) is 0 Å². The predicted molar refractivity (Wildman–Crippen MR) is 75.4 cm³/mol. The molecule has 108 valence electrons. The van der Waals surface area contributed by atoms with Gasteiger partial charge in [0.2, 0.25) is 5.88 Å². The highest BCUT2D eigenvalue weighted by Crippen LogP contribution is 2.29. The molecular formula is C12H17ClN6O. The second-order valence-corrected chi connectivity index (χ2v) is 4.91. The molecule has 0 aliphatic carbocycles. The fourth-order valence-corrected chi connectivity index (χ4v) is 2.20. The summed E-state index contributed by atoms with van der Waals surface area (Å²) >= 11 is 6.23. The maximum Gasteiger partial charge on any atom is 0.216 e. The first-order chi connectivity index (χ1) is 9.58. The Kier molecular flexibility index (Phi) is 4.53. The van der Waals surface area contributed by atoms with Gasteiger partial charge in [0.05, 0.1) is 29.7 Å². The number of hydrogen-bond acceptors (Lipinski definition) is 6. The van der Waals surface area contributed by atoms with E-state index in [0.29, 0.717) is 16.6 Å². The zero-order valence-electron chi connectivity index (χ0n) is 11.5. The molecule has 0 radical (unpaired) electrons. The second-order valence-electron chi connectivity index (χ2n) is 4.50. The van der Waals surface area contributed by atoms with Crippen LogP contribution >= 0.6 is 11.6 Å². The molecule has 8 heteroatoms. The number of ether oxygens (including phenoxy) is 1. The van der Waals surface area contributed by atoms with E-state index in [0.717, 1.165) is 5.69 Å². The van der Waals surface area contributed by atoms with E-state index in [4.69, 9.17) is 22.2 Å². The third-order valence-electron chi connectivity index (χ3n) is 2.88. The largest absolute Gasteiger partial charge is 0.481 e. The van der Waals surface area contributed by atoms with E-state index in [1.54, 1.807) is 24.1 Å². The molecular weight excluding hydrogens is 280 g/mol. The van der Waals surface area contributed by atoms with Crippen molar-refractivity contribution in [2.75, 3.05) is 7.11 Å². The van der Waals surface area contributed by atoms with Crippen LogP contribution in [-0.2, 0) is 0 Å². The van der Waals surface area contributed by atoms with E-state index in [1.165, 1.54) is 6.33 Å². The van der Waals surface area contributed by atoms with Crippen LogP contribution in [0.25, 0.3) is 0 Å². The van der Waals surface area contributed by atoms with Crippen molar-refractivity contribution in [3.05, 3.63) is 35.0 Å². The van der Waals surface area contributed by atoms with Crippen LogP contribution in [-0.4, -0.2) is 26.9 Å². The summed E-state index contributed by atoms with van der Waals surface area (Å²) in [5.41, 5.74) is 4.13. The molecule has 20 heavy (non-hydrogen) atoms. The first kappa shape index (κ1) is 14.7. The van der Waals surface area contributed by atoms with Gasteiger partial charge in [-0.15, -0.1) is 0 Å². The zero-order valence-corrected chi connectivity index (χ0v) is 12.3. The molecule has 0 spiro atoms. The first-order valence-electron chi connectivity index (χ1n) is 6.13. The average Bonchev–Trinajstić information content (AvgIpc) is 2.82. The van der Waals surface area contributed by atoms with E-state index in [1.807, 2.05) is 13.8 Å². The monoisotopic (exact) mass is 296 g/mol. The van der Waals surface area contributed by atoms with Gasteiger partial charge in [0.25, 0.3) is 0 Å². The summed E-state index contributed by atoms with van der Waals surface area (Å²) in [6, 6.07) is 1.46. The minimum atomic E-state index is -0.399. The Labute approximate surface area is 122 Å². The van der Waals surface area contributed by atoms with E-state index in [9.17, 15) is 0 Å². The smallest absolute Gasteiger partial charge is 0.216 e. The number of hydrogen-bond donors (Lipinski definition) is 2. The van der Waals surface area contributed by atoms with Crippen molar-refractivity contribution in [3.8, 4) is 5.88 Å². The lowest BCUT2D eigenvalue weighted by Gasteiger charge is -2.20. The van der Waals surface area contributed by atoms with Gasteiger partial charge in [-0.3, -0.25) is 10.5 Å². The zero-order chi connectivity index (χ0) is 14.7. The number of nitrogens with zero attached hydrogens (tertiary/aromatic N) is 4. The topological polar surface area (TPSA) is 90.9 Å². The van der Waals surface area contributed by atoms with Crippen molar-refractivity contribution in [1.82, 2.24) is 25.2 Å². The summed E-state index contributed by atoms with van der Waals surface area (Å²) in [5, 5.41) is 4.79. The number of aromatic nitrogens is 4. The molecule has 0 amide bonds. The molecule has 1 atom stereocenters. The maximum atomic E-state index is 6.23. The highest BCUT2D eigenvalue weighted by molar-refractivity contribution is 6.31. The van der Waals surface area contributed by atoms with Gasteiger partial charge in [-0.25, -0.2) is 15.4 Å². The summed E-state index contributed by atoms with van der Waals surface area (Å²) in [5.74, 6) is 6.13. The number of nitrogens with two attached hydrogens (primary N) is 1. The molecule has 0 aliphatic heterocycles. The highest BCUT2D eigenvalue weighted by atomic mass is 35.5. The molecule has 7 nitrogen and oxygen atoms in total. The number of methoxy groups -OCH3 is 1. The van der Waals surface area contributed by atoms with Crippen molar-refractivity contribution in [2.24, 2.45) is 5.84 Å². The molecule has 0 bridgehead atoms. The van der Waals surface area contributed by atoms with Crippen LogP contribution in [0, 0.1) is 0 Å². The Morgan fingerprint density at radius 1 is 1.40 bits per heavy atom. The van der Waals surface area contributed by atoms with Crippen molar-refractivity contribution in [1.29, 1.82) is 0 Å². The Bertz CT molecular complexity index is 585. The molecule has 2 aromatic heterocycles. The van der Waals surface area contributed by atoms with Gasteiger partial charge in [0.15, 0.2) is 0 Å². The predicted octanol–water partition coefficient (Wildman–Crippen LogP) is 1.47. The van der Waals surface area contributed by atoms with Crippen molar-refractivity contribution in [3.63, 3.8) is 0 Å². The van der Waals surface area contributed by atoms with Crippen LogP contribution in [0.1, 0.15) is 37.3 Å². The standard InChI is InChI=1S/C12H17ClN6O/c1-7(2)19-12(8(13)5-17-19)11(18-14)9-4-10(20-3)16-6-15-9/h4-7,11,18H,14H2,1-3H3. The highest BCUT2D eigenvalue weighted by Gasteiger charge is 2.24.